The van der Waals surface area contributed by atoms with Gasteiger partial charge in [0, 0.05) is 43.0 Å². The second kappa shape index (κ2) is 7.21. The number of halogens is 1. The molecule has 2 aliphatic rings. The summed E-state index contributed by atoms with van der Waals surface area (Å²) in [5.74, 6) is 0.909. The molecule has 8 heteroatoms. The molecule has 1 aliphatic carbocycles. The molecule has 148 valence electrons. The lowest BCUT2D eigenvalue weighted by Gasteiger charge is -2.46. The maximum absolute atomic E-state index is 12.9. The van der Waals surface area contributed by atoms with Crippen LogP contribution in [0.4, 0.5) is 5.95 Å². The number of rotatable bonds is 3. The number of nitrogens with one attached hydrogen (secondary N) is 1. The van der Waals surface area contributed by atoms with Gasteiger partial charge in [-0.15, -0.1) is 4.72 Å². The van der Waals surface area contributed by atoms with Crippen LogP contribution in [0.15, 0.2) is 23.1 Å². The quantitative estimate of drug-likeness (QED) is 0.717. The van der Waals surface area contributed by atoms with E-state index in [1.807, 2.05) is 37.6 Å². The summed E-state index contributed by atoms with van der Waals surface area (Å²) < 4.78 is 19.0. The highest BCUT2D eigenvalue weighted by atomic mass is 79.9. The van der Waals surface area contributed by atoms with Crippen molar-refractivity contribution in [1.29, 1.82) is 0 Å². The number of hydrogen-bond acceptors (Lipinski definition) is 5. The predicted octanol–water partition coefficient (Wildman–Crippen LogP) is 3.68. The molecule has 1 spiro atoms. The van der Waals surface area contributed by atoms with E-state index in [1.54, 1.807) is 6.20 Å². The molecule has 1 saturated heterocycles. The molecule has 6 nitrogen and oxygen atoms in total. The first-order valence-corrected chi connectivity index (χ1v) is 11.7. The number of piperidine rings is 1. The Balaban J connectivity index is 1.63. The Morgan fingerprint density at radius 3 is 2.70 bits per heavy atom. The third kappa shape index (κ3) is 3.61. The van der Waals surface area contributed by atoms with Gasteiger partial charge in [0.2, 0.25) is 5.95 Å². The minimum Gasteiger partial charge on any atom is -0.598 e. The molecular weight excluding hydrogens is 426 g/mol. The Morgan fingerprint density at radius 1 is 1.26 bits per heavy atom. The summed E-state index contributed by atoms with van der Waals surface area (Å²) in [6.45, 7) is 7.89. The van der Waals surface area contributed by atoms with Crippen LogP contribution in [0.3, 0.4) is 0 Å². The molecule has 1 unspecified atom stereocenters. The fraction of sp³-hybridized carbons (Fsp3) is 0.684. The van der Waals surface area contributed by atoms with Gasteiger partial charge < -0.3 is 9.45 Å². The summed E-state index contributed by atoms with van der Waals surface area (Å²) in [6, 6.07) is 0.206. The number of hydrogen-bond donors (Lipinski definition) is 1. The largest absolute Gasteiger partial charge is 0.598 e. The molecule has 4 rings (SSSR count). The minimum absolute atomic E-state index is 0.206. The van der Waals surface area contributed by atoms with E-state index in [-0.39, 0.29) is 16.2 Å². The molecule has 0 bridgehead atoms. The van der Waals surface area contributed by atoms with Gasteiger partial charge in [0.25, 0.3) is 0 Å². The summed E-state index contributed by atoms with van der Waals surface area (Å²) in [7, 11) is 0. The fourth-order valence-electron chi connectivity index (χ4n) is 4.47. The van der Waals surface area contributed by atoms with Crippen molar-refractivity contribution in [1.82, 2.24) is 19.1 Å². The minimum atomic E-state index is -1.07. The Labute approximate surface area is 172 Å². The van der Waals surface area contributed by atoms with Gasteiger partial charge >= 0.3 is 0 Å². The zero-order chi connectivity index (χ0) is 19.2. The Bertz CT molecular complexity index is 814. The van der Waals surface area contributed by atoms with E-state index in [2.05, 4.69) is 35.5 Å². The van der Waals surface area contributed by atoms with E-state index >= 15 is 0 Å². The van der Waals surface area contributed by atoms with E-state index in [9.17, 15) is 4.55 Å². The average molecular weight is 454 g/mol. The molecule has 1 saturated carbocycles. The first-order chi connectivity index (χ1) is 12.8. The molecular formula is C19H28BrN5OS. The van der Waals surface area contributed by atoms with Gasteiger partial charge in [0.05, 0.1) is 10.5 Å². The number of fused-ring (bicyclic) bond motifs is 1. The van der Waals surface area contributed by atoms with Gasteiger partial charge in [-0.25, -0.2) is 9.97 Å². The summed E-state index contributed by atoms with van der Waals surface area (Å²) >= 11 is 2.46. The normalized spacial score (nSPS) is 24.0. The zero-order valence-corrected chi connectivity index (χ0v) is 18.6. The summed E-state index contributed by atoms with van der Waals surface area (Å²) in [5, 5.41) is 0. The van der Waals surface area contributed by atoms with Crippen LogP contribution < -0.4 is 9.62 Å². The monoisotopic (exact) mass is 453 g/mol. The molecule has 1 aliphatic heterocycles. The van der Waals surface area contributed by atoms with Crippen LogP contribution in [0.2, 0.25) is 0 Å². The lowest BCUT2D eigenvalue weighted by Crippen LogP contribution is -2.60. The molecule has 0 radical (unpaired) electrons. The molecule has 1 N–H and O–H groups in total. The van der Waals surface area contributed by atoms with Crippen LogP contribution in [-0.4, -0.2) is 42.8 Å². The Morgan fingerprint density at radius 2 is 2.00 bits per heavy atom. The van der Waals surface area contributed by atoms with Gasteiger partial charge in [0.1, 0.15) is 4.75 Å². The Kier molecular flexibility index (Phi) is 5.20. The van der Waals surface area contributed by atoms with E-state index in [0.717, 1.165) is 35.6 Å². The third-order valence-corrected chi connectivity index (χ3v) is 8.24. The van der Waals surface area contributed by atoms with E-state index in [1.165, 1.54) is 25.7 Å². The smallest absolute Gasteiger partial charge is 0.211 e. The van der Waals surface area contributed by atoms with Crippen molar-refractivity contribution in [3.8, 4) is 0 Å². The first kappa shape index (κ1) is 19.5. The van der Waals surface area contributed by atoms with Crippen LogP contribution in [0.1, 0.15) is 52.9 Å². The SMILES string of the molecule is CC(C)(C)[S@@+]([O-])NC1CN(c2ncc(Br)c3nccn23)CCC12CCCC2. The summed E-state index contributed by atoms with van der Waals surface area (Å²) in [4.78, 5) is 11.4. The molecule has 2 atom stereocenters. The van der Waals surface area contributed by atoms with Crippen molar-refractivity contribution in [2.75, 3.05) is 18.0 Å². The van der Waals surface area contributed by atoms with Gasteiger partial charge in [-0.1, -0.05) is 12.8 Å². The number of aromatic nitrogens is 3. The molecule has 27 heavy (non-hydrogen) atoms. The maximum atomic E-state index is 12.9. The average Bonchev–Trinajstić information content (AvgIpc) is 3.27. The topological polar surface area (TPSA) is 68.5 Å². The first-order valence-electron chi connectivity index (χ1n) is 9.71. The van der Waals surface area contributed by atoms with Crippen LogP contribution in [0.25, 0.3) is 5.65 Å². The highest BCUT2D eigenvalue weighted by Crippen LogP contribution is 2.47. The van der Waals surface area contributed by atoms with Crippen LogP contribution in [0, 0.1) is 5.41 Å². The van der Waals surface area contributed by atoms with Gasteiger partial charge in [0.15, 0.2) is 5.65 Å². The van der Waals surface area contributed by atoms with Crippen molar-refractivity contribution >= 4 is 38.9 Å². The van der Waals surface area contributed by atoms with Crippen molar-refractivity contribution in [3.63, 3.8) is 0 Å². The molecule has 2 aromatic rings. The molecule has 2 fully saturated rings. The Hall–Kier alpha value is -0.830. The standard InChI is InChI=1S/C19H28BrN5OS/c1-18(2,3)27(26)23-15-13-24(10-8-19(15)6-4-5-7-19)17-22-12-14(20)16-21-9-11-25(16)17/h9,11-12,15,23H,4-8,10,13H2,1-3H3/t15?,27-/m1/s1. The van der Waals surface area contributed by atoms with Crippen LogP contribution in [0.5, 0.6) is 0 Å². The fourth-order valence-corrected chi connectivity index (χ4v) is 5.81. The highest BCUT2D eigenvalue weighted by Gasteiger charge is 2.48. The summed E-state index contributed by atoms with van der Waals surface area (Å²) in [5.41, 5.74) is 1.14. The number of imidazole rings is 1. The van der Waals surface area contributed by atoms with Crippen molar-refractivity contribution in [2.45, 2.75) is 63.7 Å². The lowest BCUT2D eigenvalue weighted by molar-refractivity contribution is 0.174. The predicted molar refractivity (Wildman–Crippen MR) is 113 cm³/mol. The number of anilines is 1. The van der Waals surface area contributed by atoms with Crippen molar-refractivity contribution < 1.29 is 4.55 Å². The maximum Gasteiger partial charge on any atom is 0.211 e. The summed E-state index contributed by atoms with van der Waals surface area (Å²) in [6.07, 6.45) is 11.7. The van der Waals surface area contributed by atoms with Crippen molar-refractivity contribution in [2.24, 2.45) is 5.41 Å². The highest BCUT2D eigenvalue weighted by molar-refractivity contribution is 9.10. The van der Waals surface area contributed by atoms with Gasteiger partial charge in [-0.05, 0) is 61.4 Å². The van der Waals surface area contributed by atoms with E-state index in [4.69, 9.17) is 0 Å². The molecule has 2 aromatic heterocycles. The van der Waals surface area contributed by atoms with Gasteiger partial charge in [-0.3, -0.25) is 4.40 Å². The van der Waals surface area contributed by atoms with Crippen molar-refractivity contribution in [3.05, 3.63) is 23.1 Å². The van der Waals surface area contributed by atoms with Crippen LogP contribution in [-0.2, 0) is 11.4 Å². The zero-order valence-electron chi connectivity index (χ0n) is 16.2. The van der Waals surface area contributed by atoms with Crippen LogP contribution >= 0.6 is 15.9 Å². The number of nitrogens with zero attached hydrogens (tertiary/aromatic N) is 4. The second-order valence-corrected chi connectivity index (χ2v) is 11.7. The lowest BCUT2D eigenvalue weighted by atomic mass is 9.73. The van der Waals surface area contributed by atoms with Gasteiger partial charge in [-0.2, -0.15) is 0 Å². The molecule has 0 amide bonds. The van der Waals surface area contributed by atoms with E-state index < -0.39 is 11.4 Å². The molecule has 0 aromatic carbocycles. The van der Waals surface area contributed by atoms with E-state index in [0.29, 0.717) is 0 Å². The second-order valence-electron chi connectivity index (χ2n) is 8.84. The third-order valence-electron chi connectivity index (χ3n) is 6.07. The molecule has 3 heterocycles.